The van der Waals surface area contributed by atoms with Crippen molar-refractivity contribution in [1.82, 2.24) is 4.98 Å². The molecule has 0 bridgehead atoms. The van der Waals surface area contributed by atoms with Crippen molar-refractivity contribution in [2.24, 2.45) is 0 Å². The summed E-state index contributed by atoms with van der Waals surface area (Å²) in [6.45, 7) is 5.20. The van der Waals surface area contributed by atoms with Gasteiger partial charge in [-0.1, -0.05) is 0 Å². The first-order valence-electron chi connectivity index (χ1n) is 6.19. The lowest BCUT2D eigenvalue weighted by Gasteiger charge is -2.10. The summed E-state index contributed by atoms with van der Waals surface area (Å²) in [6, 6.07) is 2.71. The number of sulfone groups is 1. The Morgan fingerprint density at radius 3 is 2.48 bits per heavy atom. The van der Waals surface area contributed by atoms with Gasteiger partial charge in [0.05, 0.1) is 21.2 Å². The van der Waals surface area contributed by atoms with Gasteiger partial charge in [0, 0.05) is 11.1 Å². The first-order chi connectivity index (χ1) is 9.70. The molecule has 0 fully saturated rings. The molecule has 21 heavy (non-hydrogen) atoms. The van der Waals surface area contributed by atoms with Crippen molar-refractivity contribution in [2.45, 2.75) is 31.4 Å². The highest BCUT2D eigenvalue weighted by Crippen LogP contribution is 2.26. The standard InChI is InChI=1S/C14H15NO4S2/c1-8-4-11(14(16)17)5-13(9(8)2)21(18,19)7-12-6-15-10(3)20-12/h4-6H,7H2,1-3H3,(H,16,17). The Kier molecular flexibility index (Phi) is 4.15. The molecule has 1 aromatic heterocycles. The average Bonchev–Trinajstić information content (AvgIpc) is 2.76. The third kappa shape index (κ3) is 3.30. The molecule has 5 nitrogen and oxygen atoms in total. The Labute approximate surface area is 127 Å². The van der Waals surface area contributed by atoms with Gasteiger partial charge < -0.3 is 5.11 Å². The fraction of sp³-hybridized carbons (Fsp3) is 0.286. The van der Waals surface area contributed by atoms with Gasteiger partial charge in [-0.3, -0.25) is 0 Å². The van der Waals surface area contributed by atoms with E-state index in [0.717, 1.165) is 5.01 Å². The van der Waals surface area contributed by atoms with Gasteiger partial charge in [-0.05, 0) is 44.0 Å². The van der Waals surface area contributed by atoms with Crippen LogP contribution in [0.25, 0.3) is 0 Å². The molecule has 0 aliphatic heterocycles. The molecule has 112 valence electrons. The van der Waals surface area contributed by atoms with Crippen LogP contribution >= 0.6 is 11.3 Å². The second-order valence-corrected chi connectivity index (χ2v) is 8.10. The van der Waals surface area contributed by atoms with Gasteiger partial charge in [0.2, 0.25) is 0 Å². The van der Waals surface area contributed by atoms with E-state index in [1.807, 2.05) is 0 Å². The number of carbonyl (C=O) groups is 1. The topological polar surface area (TPSA) is 84.3 Å². The number of hydrogen-bond acceptors (Lipinski definition) is 5. The number of carboxylic acids is 1. The summed E-state index contributed by atoms with van der Waals surface area (Å²) < 4.78 is 25.1. The number of carboxylic acid groups (broad SMARTS) is 1. The lowest BCUT2D eigenvalue weighted by molar-refractivity contribution is 0.0696. The Balaban J connectivity index is 2.51. The predicted molar refractivity (Wildman–Crippen MR) is 80.6 cm³/mol. The molecule has 0 aliphatic rings. The molecule has 1 aromatic carbocycles. The second-order valence-electron chi connectivity index (χ2n) is 4.83. The number of aryl methyl sites for hydroxylation is 2. The van der Waals surface area contributed by atoms with Gasteiger partial charge in [0.1, 0.15) is 0 Å². The van der Waals surface area contributed by atoms with Crippen LogP contribution in [-0.2, 0) is 15.6 Å². The number of rotatable bonds is 4. The van der Waals surface area contributed by atoms with Crippen LogP contribution in [-0.4, -0.2) is 24.5 Å². The number of nitrogens with zero attached hydrogens (tertiary/aromatic N) is 1. The normalized spacial score (nSPS) is 11.6. The molecular formula is C14H15NO4S2. The van der Waals surface area contributed by atoms with Crippen molar-refractivity contribution in [3.63, 3.8) is 0 Å². The monoisotopic (exact) mass is 325 g/mol. The lowest BCUT2D eigenvalue weighted by atomic mass is 10.1. The highest BCUT2D eigenvalue weighted by Gasteiger charge is 2.22. The summed E-state index contributed by atoms with van der Waals surface area (Å²) in [6.07, 6.45) is 1.54. The van der Waals surface area contributed by atoms with Crippen LogP contribution in [0.3, 0.4) is 0 Å². The summed E-state index contributed by atoms with van der Waals surface area (Å²) in [4.78, 5) is 15.9. The van der Waals surface area contributed by atoms with Crippen LogP contribution in [0.1, 0.15) is 31.4 Å². The molecular weight excluding hydrogens is 310 g/mol. The molecule has 0 aliphatic carbocycles. The molecule has 0 atom stereocenters. The molecule has 7 heteroatoms. The minimum absolute atomic E-state index is 0.0165. The molecule has 2 rings (SSSR count). The Hall–Kier alpha value is -1.73. The van der Waals surface area contributed by atoms with E-state index < -0.39 is 15.8 Å². The number of benzene rings is 1. The van der Waals surface area contributed by atoms with E-state index in [0.29, 0.717) is 16.0 Å². The van der Waals surface area contributed by atoms with Crippen LogP contribution < -0.4 is 0 Å². The van der Waals surface area contributed by atoms with E-state index in [4.69, 9.17) is 5.11 Å². The SMILES string of the molecule is Cc1ncc(CS(=O)(=O)c2cc(C(=O)O)cc(C)c2C)s1. The Bertz CT molecular complexity index is 806. The molecule has 0 unspecified atom stereocenters. The van der Waals surface area contributed by atoms with Crippen LogP contribution in [0.4, 0.5) is 0 Å². The molecule has 1 N–H and O–H groups in total. The third-order valence-corrected chi connectivity index (χ3v) is 6.08. The maximum absolute atomic E-state index is 12.5. The minimum atomic E-state index is -3.60. The Morgan fingerprint density at radius 2 is 1.95 bits per heavy atom. The van der Waals surface area contributed by atoms with Crippen molar-refractivity contribution in [3.05, 3.63) is 44.9 Å². The molecule has 0 saturated carbocycles. The highest BCUT2D eigenvalue weighted by atomic mass is 32.2. The van der Waals surface area contributed by atoms with Gasteiger partial charge in [-0.15, -0.1) is 11.3 Å². The van der Waals surface area contributed by atoms with E-state index in [-0.39, 0.29) is 16.2 Å². The van der Waals surface area contributed by atoms with Crippen molar-refractivity contribution < 1.29 is 18.3 Å². The zero-order valence-corrected chi connectivity index (χ0v) is 13.5. The van der Waals surface area contributed by atoms with E-state index in [2.05, 4.69) is 4.98 Å². The summed E-state index contributed by atoms with van der Waals surface area (Å²) in [5.41, 5.74) is 1.22. The van der Waals surface area contributed by atoms with E-state index in [9.17, 15) is 13.2 Å². The summed E-state index contributed by atoms with van der Waals surface area (Å²) >= 11 is 1.32. The third-order valence-electron chi connectivity index (χ3n) is 3.20. The molecule has 0 saturated heterocycles. The van der Waals surface area contributed by atoms with Gasteiger partial charge in [-0.25, -0.2) is 18.2 Å². The molecule has 2 aromatic rings. The quantitative estimate of drug-likeness (QED) is 0.934. The van der Waals surface area contributed by atoms with E-state index in [1.54, 1.807) is 27.0 Å². The minimum Gasteiger partial charge on any atom is -0.478 e. The second kappa shape index (κ2) is 5.57. The fourth-order valence-corrected chi connectivity index (χ4v) is 4.84. The molecule has 0 amide bonds. The zero-order chi connectivity index (χ0) is 15.8. The first kappa shape index (κ1) is 15.7. The number of thiazole rings is 1. The molecule has 0 spiro atoms. The van der Waals surface area contributed by atoms with Gasteiger partial charge in [0.15, 0.2) is 9.84 Å². The van der Waals surface area contributed by atoms with Gasteiger partial charge >= 0.3 is 5.97 Å². The number of hydrogen-bond donors (Lipinski definition) is 1. The van der Waals surface area contributed by atoms with Crippen LogP contribution in [0.5, 0.6) is 0 Å². The van der Waals surface area contributed by atoms with E-state index >= 15 is 0 Å². The highest BCUT2D eigenvalue weighted by molar-refractivity contribution is 7.90. The maximum Gasteiger partial charge on any atom is 0.335 e. The van der Waals surface area contributed by atoms with Crippen molar-refractivity contribution >= 4 is 27.1 Å². The summed E-state index contributed by atoms with van der Waals surface area (Å²) in [5, 5.41) is 9.88. The van der Waals surface area contributed by atoms with Crippen LogP contribution in [0, 0.1) is 20.8 Å². The number of aromatic carboxylic acids is 1. The number of aromatic nitrogens is 1. The maximum atomic E-state index is 12.5. The summed E-state index contributed by atoms with van der Waals surface area (Å²) in [7, 11) is -3.60. The van der Waals surface area contributed by atoms with Crippen LogP contribution in [0.2, 0.25) is 0 Å². The molecule has 0 radical (unpaired) electrons. The van der Waals surface area contributed by atoms with Crippen LogP contribution in [0.15, 0.2) is 23.2 Å². The van der Waals surface area contributed by atoms with Gasteiger partial charge in [-0.2, -0.15) is 0 Å². The first-order valence-corrected chi connectivity index (χ1v) is 8.66. The zero-order valence-electron chi connectivity index (χ0n) is 11.9. The predicted octanol–water partition coefficient (Wildman–Crippen LogP) is 2.74. The van der Waals surface area contributed by atoms with Crippen molar-refractivity contribution in [2.75, 3.05) is 0 Å². The average molecular weight is 325 g/mol. The smallest absolute Gasteiger partial charge is 0.335 e. The fourth-order valence-electron chi connectivity index (χ4n) is 2.01. The lowest BCUT2D eigenvalue weighted by Crippen LogP contribution is -2.09. The van der Waals surface area contributed by atoms with E-state index in [1.165, 1.54) is 23.5 Å². The summed E-state index contributed by atoms with van der Waals surface area (Å²) in [5.74, 6) is -1.30. The van der Waals surface area contributed by atoms with Crippen molar-refractivity contribution in [1.29, 1.82) is 0 Å². The van der Waals surface area contributed by atoms with Gasteiger partial charge in [0.25, 0.3) is 0 Å². The largest absolute Gasteiger partial charge is 0.478 e. The Morgan fingerprint density at radius 1 is 1.29 bits per heavy atom. The van der Waals surface area contributed by atoms with Crippen molar-refractivity contribution in [3.8, 4) is 0 Å². The molecule has 1 heterocycles.